The summed E-state index contributed by atoms with van der Waals surface area (Å²) in [5.74, 6) is 1.70. The third kappa shape index (κ3) is 2.37. The van der Waals surface area contributed by atoms with E-state index in [4.69, 9.17) is 4.74 Å². The molecule has 0 saturated carbocycles. The second-order valence-electron chi connectivity index (χ2n) is 4.67. The molecule has 6 heteroatoms. The number of likely N-dealkylation sites (N-methyl/N-ethyl adjacent to an activating group) is 1. The predicted molar refractivity (Wildman–Crippen MR) is 79.2 cm³/mol. The van der Waals surface area contributed by atoms with Crippen molar-refractivity contribution < 1.29 is 4.74 Å². The van der Waals surface area contributed by atoms with Gasteiger partial charge in [-0.3, -0.25) is 0 Å². The molecule has 2 aromatic heterocycles. The Bertz CT molecular complexity index is 565. The molecule has 19 heavy (non-hydrogen) atoms. The maximum Gasteiger partial charge on any atom is 0.226 e. The minimum Gasteiger partial charge on any atom is -0.379 e. The lowest BCUT2D eigenvalue weighted by molar-refractivity contribution is 0.193. The Balaban J connectivity index is 2.01. The number of aromatic nitrogens is 2. The number of nitrogens with one attached hydrogen (secondary N) is 1. The van der Waals surface area contributed by atoms with Gasteiger partial charge in [-0.05, 0) is 24.8 Å². The van der Waals surface area contributed by atoms with Gasteiger partial charge in [0.25, 0.3) is 0 Å². The number of anilines is 2. The quantitative estimate of drug-likeness (QED) is 0.930. The van der Waals surface area contributed by atoms with E-state index in [0.717, 1.165) is 42.2 Å². The van der Waals surface area contributed by atoms with Crippen LogP contribution in [0, 0.1) is 0 Å². The van der Waals surface area contributed by atoms with Gasteiger partial charge in [-0.1, -0.05) is 0 Å². The molecule has 0 aliphatic carbocycles. The van der Waals surface area contributed by atoms with Gasteiger partial charge < -0.3 is 15.0 Å². The first-order valence-corrected chi connectivity index (χ1v) is 7.47. The second-order valence-corrected chi connectivity index (χ2v) is 5.56. The Kier molecular flexibility index (Phi) is 3.52. The molecule has 1 aliphatic rings. The summed E-state index contributed by atoms with van der Waals surface area (Å²) in [5.41, 5.74) is 0. The molecule has 3 rings (SSSR count). The zero-order valence-corrected chi connectivity index (χ0v) is 12.0. The van der Waals surface area contributed by atoms with E-state index in [1.807, 2.05) is 0 Å². The third-order valence-electron chi connectivity index (χ3n) is 3.43. The molecule has 1 aliphatic heterocycles. The van der Waals surface area contributed by atoms with Crippen LogP contribution in [-0.4, -0.2) is 42.8 Å². The van der Waals surface area contributed by atoms with Gasteiger partial charge in [-0.25, -0.2) is 4.98 Å². The van der Waals surface area contributed by atoms with E-state index in [0.29, 0.717) is 12.0 Å². The average Bonchev–Trinajstić information content (AvgIpc) is 3.08. The van der Waals surface area contributed by atoms with Gasteiger partial charge in [0, 0.05) is 20.2 Å². The second kappa shape index (κ2) is 5.30. The van der Waals surface area contributed by atoms with Gasteiger partial charge in [0.1, 0.15) is 10.6 Å². The minimum absolute atomic E-state index is 0.410. The molecule has 5 nitrogen and oxygen atoms in total. The van der Waals surface area contributed by atoms with Crippen molar-refractivity contribution in [2.24, 2.45) is 0 Å². The maximum atomic E-state index is 5.47. The van der Waals surface area contributed by atoms with Crippen molar-refractivity contribution in [3.05, 3.63) is 11.4 Å². The Labute approximate surface area is 116 Å². The summed E-state index contributed by atoms with van der Waals surface area (Å²) in [4.78, 5) is 12.5. The normalized spacial score (nSPS) is 18.9. The van der Waals surface area contributed by atoms with Crippen LogP contribution in [0.5, 0.6) is 0 Å². The van der Waals surface area contributed by atoms with Crippen LogP contribution < -0.4 is 10.2 Å². The lowest BCUT2D eigenvalue weighted by Crippen LogP contribution is -2.32. The van der Waals surface area contributed by atoms with Crippen LogP contribution in [0.25, 0.3) is 10.2 Å². The van der Waals surface area contributed by atoms with E-state index in [1.165, 1.54) is 0 Å². The first kappa shape index (κ1) is 12.6. The van der Waals surface area contributed by atoms with Crippen LogP contribution in [0.4, 0.5) is 11.8 Å². The Morgan fingerprint density at radius 3 is 3.16 bits per heavy atom. The number of ether oxygens (including phenoxy) is 1. The van der Waals surface area contributed by atoms with Gasteiger partial charge in [-0.15, -0.1) is 11.3 Å². The van der Waals surface area contributed by atoms with Gasteiger partial charge in [-0.2, -0.15) is 4.98 Å². The molecule has 0 amide bonds. The minimum atomic E-state index is 0.410. The van der Waals surface area contributed by atoms with E-state index in [1.54, 1.807) is 11.3 Å². The standard InChI is InChI=1S/C13H18N4OS/c1-3-14-13-15-11(10-5-7-19-12(10)16-13)17(2)9-4-6-18-8-9/h5,7,9H,3-4,6,8H2,1-2H3,(H,14,15,16). The zero-order chi connectivity index (χ0) is 13.2. The zero-order valence-electron chi connectivity index (χ0n) is 11.2. The molecule has 1 atom stereocenters. The van der Waals surface area contributed by atoms with E-state index in [2.05, 4.69) is 45.6 Å². The fraction of sp³-hybridized carbons (Fsp3) is 0.538. The van der Waals surface area contributed by atoms with E-state index in [9.17, 15) is 0 Å². The van der Waals surface area contributed by atoms with E-state index in [-0.39, 0.29) is 0 Å². The summed E-state index contributed by atoms with van der Waals surface area (Å²) in [6.45, 7) is 4.50. The Morgan fingerprint density at radius 1 is 1.53 bits per heavy atom. The Hall–Kier alpha value is -1.40. The SMILES string of the molecule is CCNc1nc(N(C)C2CCOC2)c2ccsc2n1. The van der Waals surface area contributed by atoms with Gasteiger partial charge in [0.15, 0.2) is 0 Å². The molecular formula is C13H18N4OS. The first-order chi connectivity index (χ1) is 9.29. The number of nitrogens with zero attached hydrogens (tertiary/aromatic N) is 3. The molecule has 0 spiro atoms. The Morgan fingerprint density at radius 2 is 2.42 bits per heavy atom. The summed E-state index contributed by atoms with van der Waals surface area (Å²) in [6, 6.07) is 2.50. The topological polar surface area (TPSA) is 50.3 Å². The number of rotatable bonds is 4. The van der Waals surface area contributed by atoms with Crippen molar-refractivity contribution in [1.82, 2.24) is 9.97 Å². The highest BCUT2D eigenvalue weighted by molar-refractivity contribution is 7.16. The highest BCUT2D eigenvalue weighted by Crippen LogP contribution is 2.30. The molecule has 0 aromatic carbocycles. The van der Waals surface area contributed by atoms with Crippen molar-refractivity contribution >= 4 is 33.3 Å². The van der Waals surface area contributed by atoms with Crippen LogP contribution in [0.2, 0.25) is 0 Å². The molecule has 1 saturated heterocycles. The smallest absolute Gasteiger partial charge is 0.226 e. The molecule has 102 valence electrons. The van der Waals surface area contributed by atoms with Gasteiger partial charge in [0.2, 0.25) is 5.95 Å². The number of hydrogen-bond donors (Lipinski definition) is 1. The molecule has 2 aromatic rings. The van der Waals surface area contributed by atoms with Crippen molar-refractivity contribution in [1.29, 1.82) is 0 Å². The first-order valence-electron chi connectivity index (χ1n) is 6.59. The summed E-state index contributed by atoms with van der Waals surface area (Å²) in [6.07, 6.45) is 1.06. The van der Waals surface area contributed by atoms with Crippen molar-refractivity contribution in [2.45, 2.75) is 19.4 Å². The van der Waals surface area contributed by atoms with E-state index >= 15 is 0 Å². The molecule has 1 N–H and O–H groups in total. The maximum absolute atomic E-state index is 5.47. The summed E-state index contributed by atoms with van der Waals surface area (Å²) in [7, 11) is 2.09. The molecule has 3 heterocycles. The van der Waals surface area contributed by atoms with Crippen LogP contribution in [0.1, 0.15) is 13.3 Å². The molecule has 1 fully saturated rings. The molecular weight excluding hydrogens is 260 g/mol. The highest BCUT2D eigenvalue weighted by Gasteiger charge is 2.23. The summed E-state index contributed by atoms with van der Waals surface area (Å²) >= 11 is 1.65. The summed E-state index contributed by atoms with van der Waals surface area (Å²) < 4.78 is 5.47. The molecule has 1 unspecified atom stereocenters. The molecule has 0 radical (unpaired) electrons. The number of fused-ring (bicyclic) bond motifs is 1. The number of thiophene rings is 1. The molecule has 0 bridgehead atoms. The largest absolute Gasteiger partial charge is 0.379 e. The monoisotopic (exact) mass is 278 g/mol. The van der Waals surface area contributed by atoms with Crippen LogP contribution in [0.15, 0.2) is 11.4 Å². The van der Waals surface area contributed by atoms with Crippen molar-refractivity contribution in [2.75, 3.05) is 37.0 Å². The van der Waals surface area contributed by atoms with Gasteiger partial charge in [0.05, 0.1) is 18.0 Å². The van der Waals surface area contributed by atoms with Crippen molar-refractivity contribution in [3.63, 3.8) is 0 Å². The van der Waals surface area contributed by atoms with Crippen LogP contribution >= 0.6 is 11.3 Å². The van der Waals surface area contributed by atoms with Gasteiger partial charge >= 0.3 is 0 Å². The highest BCUT2D eigenvalue weighted by atomic mass is 32.1. The lowest BCUT2D eigenvalue weighted by atomic mass is 10.2. The summed E-state index contributed by atoms with van der Waals surface area (Å²) in [5, 5.41) is 6.39. The van der Waals surface area contributed by atoms with Crippen LogP contribution in [0.3, 0.4) is 0 Å². The van der Waals surface area contributed by atoms with Crippen LogP contribution in [-0.2, 0) is 4.74 Å². The fourth-order valence-corrected chi connectivity index (χ4v) is 3.10. The predicted octanol–water partition coefficient (Wildman–Crippen LogP) is 2.35. The van der Waals surface area contributed by atoms with E-state index < -0.39 is 0 Å². The fourth-order valence-electron chi connectivity index (χ4n) is 2.35. The lowest BCUT2D eigenvalue weighted by Gasteiger charge is -2.25. The van der Waals surface area contributed by atoms with Crippen molar-refractivity contribution in [3.8, 4) is 0 Å². The average molecular weight is 278 g/mol. The third-order valence-corrected chi connectivity index (χ3v) is 4.23. The number of hydrogen-bond acceptors (Lipinski definition) is 6.